The molecule has 1 atom stereocenters. The Morgan fingerprint density at radius 3 is 3.13 bits per heavy atom. The maximum absolute atomic E-state index is 5.77. The van der Waals surface area contributed by atoms with Crippen LogP contribution in [0.1, 0.15) is 30.5 Å². The number of H-pyrrole nitrogens is 1. The molecule has 23 heavy (non-hydrogen) atoms. The predicted molar refractivity (Wildman–Crippen MR) is 83.4 cm³/mol. The van der Waals surface area contributed by atoms with E-state index in [1.165, 1.54) is 0 Å². The zero-order valence-corrected chi connectivity index (χ0v) is 12.7. The number of nitrogens with zero attached hydrogens (tertiary/aromatic N) is 5. The van der Waals surface area contributed by atoms with Gasteiger partial charge in [-0.3, -0.25) is 9.88 Å². The fraction of sp³-hybridized carbons (Fsp3) is 0.375. The number of nitrogens with one attached hydrogen (secondary N) is 1. The summed E-state index contributed by atoms with van der Waals surface area (Å²) in [6.45, 7) is 2.67. The normalized spacial score (nSPS) is 19.0. The van der Waals surface area contributed by atoms with Crippen molar-refractivity contribution >= 4 is 0 Å². The zero-order valence-electron chi connectivity index (χ0n) is 12.7. The molecule has 118 valence electrons. The third-order valence-corrected chi connectivity index (χ3v) is 4.15. The van der Waals surface area contributed by atoms with Gasteiger partial charge in [0.1, 0.15) is 5.82 Å². The number of aromatic amines is 1. The molecule has 7 heteroatoms. The molecule has 1 aliphatic heterocycles. The van der Waals surface area contributed by atoms with E-state index in [4.69, 9.17) is 4.42 Å². The first kappa shape index (κ1) is 14.1. The molecule has 4 heterocycles. The smallest absolute Gasteiger partial charge is 0.249 e. The Morgan fingerprint density at radius 2 is 2.30 bits per heavy atom. The second-order valence-electron chi connectivity index (χ2n) is 5.79. The number of likely N-dealkylation sites (tertiary alicyclic amines) is 1. The van der Waals surface area contributed by atoms with E-state index < -0.39 is 0 Å². The van der Waals surface area contributed by atoms with Gasteiger partial charge in [0, 0.05) is 37.3 Å². The Bertz CT molecular complexity index is 739. The second-order valence-corrected chi connectivity index (χ2v) is 5.79. The van der Waals surface area contributed by atoms with Crippen LogP contribution >= 0.6 is 0 Å². The van der Waals surface area contributed by atoms with Gasteiger partial charge in [0.05, 0.1) is 12.1 Å². The van der Waals surface area contributed by atoms with E-state index in [-0.39, 0.29) is 0 Å². The maximum Gasteiger partial charge on any atom is 0.249 e. The van der Waals surface area contributed by atoms with Gasteiger partial charge >= 0.3 is 0 Å². The molecule has 0 bridgehead atoms. The van der Waals surface area contributed by atoms with Gasteiger partial charge in [-0.05, 0) is 31.5 Å². The average molecular weight is 310 g/mol. The predicted octanol–water partition coefficient (Wildman–Crippen LogP) is 2.23. The Balaban J connectivity index is 1.43. The van der Waals surface area contributed by atoms with Crippen molar-refractivity contribution in [2.45, 2.75) is 25.3 Å². The second kappa shape index (κ2) is 6.29. The number of pyridine rings is 1. The Kier molecular flexibility index (Phi) is 3.85. The summed E-state index contributed by atoms with van der Waals surface area (Å²) in [6, 6.07) is 3.77. The van der Waals surface area contributed by atoms with Gasteiger partial charge in [0.25, 0.3) is 0 Å². The first-order chi connectivity index (χ1) is 11.4. The van der Waals surface area contributed by atoms with E-state index in [1.807, 2.05) is 24.5 Å². The molecule has 0 aromatic carbocycles. The van der Waals surface area contributed by atoms with Crippen LogP contribution in [0.2, 0.25) is 0 Å². The van der Waals surface area contributed by atoms with Gasteiger partial charge in [-0.2, -0.15) is 0 Å². The first-order valence-corrected chi connectivity index (χ1v) is 7.83. The number of hydrogen-bond donors (Lipinski definition) is 1. The van der Waals surface area contributed by atoms with Crippen molar-refractivity contribution in [3.63, 3.8) is 0 Å². The molecule has 1 aliphatic rings. The summed E-state index contributed by atoms with van der Waals surface area (Å²) >= 11 is 0. The minimum absolute atomic E-state index is 0.444. The Labute approximate surface area is 133 Å². The van der Waals surface area contributed by atoms with Crippen LogP contribution in [0.15, 0.2) is 41.3 Å². The number of imidazole rings is 1. The lowest BCUT2D eigenvalue weighted by molar-refractivity contribution is 0.181. The van der Waals surface area contributed by atoms with Crippen LogP contribution in [-0.2, 0) is 6.54 Å². The molecular formula is C16H18N6O. The molecule has 3 aromatic heterocycles. The van der Waals surface area contributed by atoms with Gasteiger partial charge in [-0.25, -0.2) is 4.98 Å². The molecule has 1 saturated heterocycles. The molecule has 1 fully saturated rings. The van der Waals surface area contributed by atoms with Crippen molar-refractivity contribution in [1.82, 2.24) is 30.0 Å². The first-order valence-electron chi connectivity index (χ1n) is 7.83. The highest BCUT2D eigenvalue weighted by Gasteiger charge is 2.24. The van der Waals surface area contributed by atoms with Crippen LogP contribution in [0.5, 0.6) is 0 Å². The summed E-state index contributed by atoms with van der Waals surface area (Å²) in [5.41, 5.74) is 0.846. The summed E-state index contributed by atoms with van der Waals surface area (Å²) in [4.78, 5) is 14.0. The number of hydrogen-bond acceptors (Lipinski definition) is 6. The highest BCUT2D eigenvalue weighted by Crippen LogP contribution is 2.25. The topological polar surface area (TPSA) is 83.7 Å². The van der Waals surface area contributed by atoms with Gasteiger partial charge in [0.2, 0.25) is 11.8 Å². The molecule has 0 spiro atoms. The van der Waals surface area contributed by atoms with E-state index in [1.54, 1.807) is 12.4 Å². The molecule has 4 rings (SSSR count). The third-order valence-electron chi connectivity index (χ3n) is 4.15. The van der Waals surface area contributed by atoms with Crippen molar-refractivity contribution in [2.24, 2.45) is 0 Å². The van der Waals surface area contributed by atoms with Crippen molar-refractivity contribution in [1.29, 1.82) is 0 Å². The van der Waals surface area contributed by atoms with E-state index in [9.17, 15) is 0 Å². The minimum atomic E-state index is 0.444. The van der Waals surface area contributed by atoms with Gasteiger partial charge in [-0.15, -0.1) is 10.2 Å². The number of piperidine rings is 1. The highest BCUT2D eigenvalue weighted by molar-refractivity contribution is 5.49. The van der Waals surface area contributed by atoms with Crippen LogP contribution in [0.3, 0.4) is 0 Å². The molecule has 0 radical (unpaired) electrons. The SMILES string of the molecule is c1cncc(-c2nnc(CN3CCCC(c4ncc[nH]4)C3)o2)c1. The van der Waals surface area contributed by atoms with Crippen molar-refractivity contribution in [2.75, 3.05) is 13.1 Å². The molecule has 0 amide bonds. The van der Waals surface area contributed by atoms with Crippen LogP contribution in [-0.4, -0.2) is 43.1 Å². The van der Waals surface area contributed by atoms with Crippen molar-refractivity contribution in [3.05, 3.63) is 48.6 Å². The molecule has 0 aliphatic carbocycles. The Morgan fingerprint density at radius 1 is 1.30 bits per heavy atom. The van der Waals surface area contributed by atoms with Gasteiger partial charge < -0.3 is 9.40 Å². The van der Waals surface area contributed by atoms with E-state index >= 15 is 0 Å². The zero-order chi connectivity index (χ0) is 15.5. The lowest BCUT2D eigenvalue weighted by Gasteiger charge is -2.30. The van der Waals surface area contributed by atoms with E-state index in [0.717, 1.165) is 37.3 Å². The number of rotatable bonds is 4. The molecule has 7 nitrogen and oxygen atoms in total. The molecular weight excluding hydrogens is 292 g/mol. The third kappa shape index (κ3) is 3.14. The fourth-order valence-electron chi connectivity index (χ4n) is 3.04. The van der Waals surface area contributed by atoms with Crippen LogP contribution in [0, 0.1) is 0 Å². The van der Waals surface area contributed by atoms with Gasteiger partial charge in [-0.1, -0.05) is 0 Å². The summed E-state index contributed by atoms with van der Waals surface area (Å²) < 4.78 is 5.77. The van der Waals surface area contributed by atoms with Gasteiger partial charge in [0.15, 0.2) is 0 Å². The van der Waals surface area contributed by atoms with E-state index in [2.05, 4.69) is 30.0 Å². The summed E-state index contributed by atoms with van der Waals surface area (Å²) in [5, 5.41) is 8.28. The van der Waals surface area contributed by atoms with Crippen LogP contribution in [0.25, 0.3) is 11.5 Å². The highest BCUT2D eigenvalue weighted by atomic mass is 16.4. The van der Waals surface area contributed by atoms with E-state index in [0.29, 0.717) is 24.2 Å². The maximum atomic E-state index is 5.77. The quantitative estimate of drug-likeness (QED) is 0.795. The van der Waals surface area contributed by atoms with Crippen LogP contribution < -0.4 is 0 Å². The molecule has 3 aromatic rings. The largest absolute Gasteiger partial charge is 0.419 e. The molecule has 0 saturated carbocycles. The lowest BCUT2D eigenvalue weighted by atomic mass is 9.97. The summed E-state index contributed by atoms with van der Waals surface area (Å²) in [6.07, 6.45) is 9.46. The summed E-state index contributed by atoms with van der Waals surface area (Å²) in [5.74, 6) is 2.67. The number of aromatic nitrogens is 5. The lowest BCUT2D eigenvalue weighted by Crippen LogP contribution is -2.34. The van der Waals surface area contributed by atoms with Crippen molar-refractivity contribution in [3.8, 4) is 11.5 Å². The van der Waals surface area contributed by atoms with Crippen LogP contribution in [0.4, 0.5) is 0 Å². The standard InChI is InChI=1S/C16H18N6O/c1-3-12(9-17-5-1)16-21-20-14(23-16)11-22-8-2-4-13(10-22)15-18-6-7-19-15/h1,3,5-7,9,13H,2,4,8,10-11H2,(H,18,19). The molecule has 1 unspecified atom stereocenters. The fourth-order valence-corrected chi connectivity index (χ4v) is 3.04. The minimum Gasteiger partial charge on any atom is -0.419 e. The monoisotopic (exact) mass is 310 g/mol. The average Bonchev–Trinajstić information content (AvgIpc) is 3.28. The van der Waals surface area contributed by atoms with Crippen molar-refractivity contribution < 1.29 is 4.42 Å². The Hall–Kier alpha value is -2.54. The summed E-state index contributed by atoms with van der Waals surface area (Å²) in [7, 11) is 0. The molecule has 1 N–H and O–H groups in total.